The van der Waals surface area contributed by atoms with E-state index in [1.54, 1.807) is 18.7 Å². The Kier molecular flexibility index (Phi) is 3.84. The molecule has 0 fully saturated rings. The molecule has 0 bridgehead atoms. The third-order valence-electron chi connectivity index (χ3n) is 2.65. The van der Waals surface area contributed by atoms with E-state index in [1.165, 1.54) is 0 Å². The van der Waals surface area contributed by atoms with Crippen molar-refractivity contribution in [1.82, 2.24) is 9.55 Å². The van der Waals surface area contributed by atoms with Crippen LogP contribution in [-0.2, 0) is 11.8 Å². The van der Waals surface area contributed by atoms with Gasteiger partial charge in [0.2, 0.25) is 0 Å². The Labute approximate surface area is 105 Å². The molecule has 0 aliphatic rings. The Morgan fingerprint density at radius 1 is 1.41 bits per heavy atom. The molecule has 0 amide bonds. The van der Waals surface area contributed by atoms with Gasteiger partial charge in [-0.05, 0) is 25.5 Å². The van der Waals surface area contributed by atoms with Crippen LogP contribution in [0.4, 0.5) is 0 Å². The van der Waals surface area contributed by atoms with Crippen LogP contribution in [0.1, 0.15) is 19.8 Å². The van der Waals surface area contributed by atoms with E-state index in [2.05, 4.69) is 15.6 Å². The fraction of sp³-hybridized carbons (Fsp3) is 0.385. The molecule has 2 aromatic rings. The highest BCUT2D eigenvalue weighted by molar-refractivity contribution is 7.99. The zero-order chi connectivity index (χ0) is 12.3. The van der Waals surface area contributed by atoms with E-state index in [9.17, 15) is 4.79 Å². The molecule has 0 aliphatic heterocycles. The Bertz CT molecular complexity index is 533. The van der Waals surface area contributed by atoms with E-state index in [4.69, 9.17) is 0 Å². The zero-order valence-electron chi connectivity index (χ0n) is 10.1. The molecule has 1 heterocycles. The summed E-state index contributed by atoms with van der Waals surface area (Å²) in [6.07, 6.45) is 1.58. The van der Waals surface area contributed by atoms with E-state index >= 15 is 0 Å². The standard InChI is InChI=1S/C13H16N2OS/c1-10(16)6-5-9-17-13-14-11-7-3-4-8-12(11)15(13)2/h3-4,7-8H,5-6,9H2,1-2H3. The number of thioether (sulfide) groups is 1. The molecule has 17 heavy (non-hydrogen) atoms. The Balaban J connectivity index is 2.04. The summed E-state index contributed by atoms with van der Waals surface area (Å²) in [5, 5.41) is 1.02. The van der Waals surface area contributed by atoms with E-state index in [0.29, 0.717) is 6.42 Å². The second-order valence-electron chi connectivity index (χ2n) is 4.10. The van der Waals surface area contributed by atoms with Crippen LogP contribution in [0.2, 0.25) is 0 Å². The molecule has 1 aromatic heterocycles. The minimum Gasteiger partial charge on any atom is -0.322 e. The van der Waals surface area contributed by atoms with Crippen molar-refractivity contribution in [3.05, 3.63) is 24.3 Å². The summed E-state index contributed by atoms with van der Waals surface area (Å²) in [6.45, 7) is 1.64. The summed E-state index contributed by atoms with van der Waals surface area (Å²) in [7, 11) is 2.03. The van der Waals surface area contributed by atoms with Crippen LogP contribution < -0.4 is 0 Å². The number of benzene rings is 1. The normalized spacial score (nSPS) is 10.9. The molecule has 90 valence electrons. The highest BCUT2D eigenvalue weighted by atomic mass is 32.2. The summed E-state index contributed by atoms with van der Waals surface area (Å²) < 4.78 is 2.10. The number of nitrogens with zero attached hydrogens (tertiary/aromatic N) is 2. The largest absolute Gasteiger partial charge is 0.322 e. The Morgan fingerprint density at radius 2 is 2.18 bits per heavy atom. The first-order valence-electron chi connectivity index (χ1n) is 5.72. The molecule has 1 aromatic carbocycles. The van der Waals surface area contributed by atoms with Gasteiger partial charge in [-0.3, -0.25) is 0 Å². The molecule has 0 N–H and O–H groups in total. The van der Waals surface area contributed by atoms with Gasteiger partial charge in [-0.15, -0.1) is 0 Å². The van der Waals surface area contributed by atoms with Crippen molar-refractivity contribution in [2.24, 2.45) is 7.05 Å². The van der Waals surface area contributed by atoms with Crippen molar-refractivity contribution in [1.29, 1.82) is 0 Å². The van der Waals surface area contributed by atoms with Gasteiger partial charge in [-0.25, -0.2) is 4.98 Å². The molecule has 0 atom stereocenters. The van der Waals surface area contributed by atoms with Crippen molar-refractivity contribution < 1.29 is 4.79 Å². The molecule has 4 heteroatoms. The second kappa shape index (κ2) is 5.36. The molecule has 2 rings (SSSR count). The fourth-order valence-corrected chi connectivity index (χ4v) is 2.66. The van der Waals surface area contributed by atoms with Gasteiger partial charge in [0.1, 0.15) is 5.78 Å². The molecule has 0 radical (unpaired) electrons. The SMILES string of the molecule is CC(=O)CCCSc1nc2ccccc2n1C. The number of para-hydroxylation sites is 2. The maximum atomic E-state index is 10.8. The number of Topliss-reactive ketones (excluding diaryl/α,β-unsaturated/α-hetero) is 1. The van der Waals surface area contributed by atoms with Crippen molar-refractivity contribution in [3.63, 3.8) is 0 Å². The van der Waals surface area contributed by atoms with Crippen LogP contribution in [0.25, 0.3) is 11.0 Å². The highest BCUT2D eigenvalue weighted by Crippen LogP contribution is 2.23. The van der Waals surface area contributed by atoms with Crippen molar-refractivity contribution >= 4 is 28.6 Å². The number of ketones is 1. The third kappa shape index (κ3) is 2.88. The van der Waals surface area contributed by atoms with Gasteiger partial charge in [0.25, 0.3) is 0 Å². The predicted molar refractivity (Wildman–Crippen MR) is 71.4 cm³/mol. The van der Waals surface area contributed by atoms with Crippen LogP contribution in [-0.4, -0.2) is 21.1 Å². The van der Waals surface area contributed by atoms with Gasteiger partial charge >= 0.3 is 0 Å². The minimum atomic E-state index is 0.260. The number of aryl methyl sites for hydroxylation is 1. The van der Waals surface area contributed by atoms with Crippen LogP contribution in [0.5, 0.6) is 0 Å². The number of aromatic nitrogens is 2. The second-order valence-corrected chi connectivity index (χ2v) is 5.16. The first-order chi connectivity index (χ1) is 8.18. The van der Waals surface area contributed by atoms with E-state index in [-0.39, 0.29) is 5.78 Å². The lowest BCUT2D eigenvalue weighted by molar-refractivity contribution is -0.117. The van der Waals surface area contributed by atoms with Crippen molar-refractivity contribution in [2.75, 3.05) is 5.75 Å². The van der Waals surface area contributed by atoms with Crippen LogP contribution in [0, 0.1) is 0 Å². The van der Waals surface area contributed by atoms with Gasteiger partial charge in [0, 0.05) is 19.2 Å². The third-order valence-corrected chi connectivity index (χ3v) is 3.77. The van der Waals surface area contributed by atoms with Gasteiger partial charge in [-0.2, -0.15) is 0 Å². The van der Waals surface area contributed by atoms with Crippen LogP contribution in [0.3, 0.4) is 0 Å². The molecule has 0 saturated carbocycles. The summed E-state index contributed by atoms with van der Waals surface area (Å²) >= 11 is 1.71. The maximum Gasteiger partial charge on any atom is 0.168 e. The lowest BCUT2D eigenvalue weighted by Gasteiger charge is -2.01. The summed E-state index contributed by atoms with van der Waals surface area (Å²) in [5.74, 6) is 1.20. The number of carbonyl (C=O) groups is 1. The lowest BCUT2D eigenvalue weighted by Crippen LogP contribution is -1.94. The quantitative estimate of drug-likeness (QED) is 0.602. The average Bonchev–Trinajstić information content (AvgIpc) is 2.63. The van der Waals surface area contributed by atoms with E-state index in [1.807, 2.05) is 25.2 Å². The number of rotatable bonds is 5. The first kappa shape index (κ1) is 12.2. The zero-order valence-corrected chi connectivity index (χ0v) is 11.0. The van der Waals surface area contributed by atoms with E-state index in [0.717, 1.165) is 28.4 Å². The van der Waals surface area contributed by atoms with Crippen molar-refractivity contribution in [3.8, 4) is 0 Å². The molecule has 0 unspecified atom stereocenters. The molecular weight excluding hydrogens is 232 g/mol. The van der Waals surface area contributed by atoms with Gasteiger partial charge < -0.3 is 9.36 Å². The minimum absolute atomic E-state index is 0.260. The first-order valence-corrected chi connectivity index (χ1v) is 6.71. The van der Waals surface area contributed by atoms with Crippen LogP contribution >= 0.6 is 11.8 Å². The van der Waals surface area contributed by atoms with Gasteiger partial charge in [0.15, 0.2) is 5.16 Å². The number of hydrogen-bond acceptors (Lipinski definition) is 3. The molecule has 0 spiro atoms. The summed E-state index contributed by atoms with van der Waals surface area (Å²) in [4.78, 5) is 15.4. The van der Waals surface area contributed by atoms with Crippen LogP contribution in [0.15, 0.2) is 29.4 Å². The topological polar surface area (TPSA) is 34.9 Å². The highest BCUT2D eigenvalue weighted by Gasteiger charge is 2.07. The number of hydrogen-bond donors (Lipinski definition) is 0. The predicted octanol–water partition coefficient (Wildman–Crippen LogP) is 3.03. The number of imidazole rings is 1. The summed E-state index contributed by atoms with van der Waals surface area (Å²) in [5.41, 5.74) is 2.19. The number of carbonyl (C=O) groups excluding carboxylic acids is 1. The molecule has 0 aliphatic carbocycles. The van der Waals surface area contributed by atoms with Gasteiger partial charge in [0.05, 0.1) is 11.0 Å². The average molecular weight is 248 g/mol. The van der Waals surface area contributed by atoms with Gasteiger partial charge in [-0.1, -0.05) is 23.9 Å². The number of fused-ring (bicyclic) bond motifs is 1. The Hall–Kier alpha value is -1.29. The molecular formula is C13H16N2OS. The molecule has 3 nitrogen and oxygen atoms in total. The maximum absolute atomic E-state index is 10.8. The van der Waals surface area contributed by atoms with E-state index < -0.39 is 0 Å². The van der Waals surface area contributed by atoms with Crippen molar-refractivity contribution in [2.45, 2.75) is 24.9 Å². The smallest absolute Gasteiger partial charge is 0.168 e. The fourth-order valence-electron chi connectivity index (χ4n) is 1.74. The Morgan fingerprint density at radius 3 is 2.88 bits per heavy atom. The molecule has 0 saturated heterocycles. The summed E-state index contributed by atoms with van der Waals surface area (Å²) in [6, 6.07) is 8.12. The lowest BCUT2D eigenvalue weighted by atomic mass is 10.3. The monoisotopic (exact) mass is 248 g/mol.